The van der Waals surface area contributed by atoms with Gasteiger partial charge in [0.1, 0.15) is 0 Å². The van der Waals surface area contributed by atoms with Crippen molar-refractivity contribution in [1.82, 2.24) is 4.90 Å². The van der Waals surface area contributed by atoms with Crippen LogP contribution in [0.1, 0.15) is 40.7 Å². The number of ketones is 1. The Morgan fingerprint density at radius 1 is 1.17 bits per heavy atom. The number of Topliss-reactive ketones (excluding diaryl/α,β-unsaturated/α-hetero) is 1. The minimum atomic E-state index is 0.256. The van der Waals surface area contributed by atoms with E-state index in [0.717, 1.165) is 31.5 Å². The standard InChI is InChI=1S/C16H21NO/c1-12-3-4-13-10-16(5-7-17(2)8-6-16)11-15(18)14(13)9-12/h3-4,9H,5-8,10-11H2,1-2H3. The summed E-state index contributed by atoms with van der Waals surface area (Å²) in [5.41, 5.74) is 3.72. The molecule has 1 aromatic rings. The van der Waals surface area contributed by atoms with Crippen LogP contribution in [0.2, 0.25) is 0 Å². The summed E-state index contributed by atoms with van der Waals surface area (Å²) in [6.45, 7) is 4.33. The summed E-state index contributed by atoms with van der Waals surface area (Å²) in [5, 5.41) is 0. The molecule has 2 heteroatoms. The first kappa shape index (κ1) is 11.9. The van der Waals surface area contributed by atoms with Crippen molar-refractivity contribution < 1.29 is 4.79 Å². The Labute approximate surface area is 109 Å². The largest absolute Gasteiger partial charge is 0.306 e. The maximum absolute atomic E-state index is 12.4. The van der Waals surface area contributed by atoms with E-state index in [1.807, 2.05) is 0 Å². The van der Waals surface area contributed by atoms with Crippen molar-refractivity contribution in [3.05, 3.63) is 34.9 Å². The maximum atomic E-state index is 12.4. The third-order valence-corrected chi connectivity index (χ3v) is 4.71. The van der Waals surface area contributed by atoms with Gasteiger partial charge in [-0.25, -0.2) is 0 Å². The number of likely N-dealkylation sites (tertiary alicyclic amines) is 1. The van der Waals surface area contributed by atoms with E-state index in [9.17, 15) is 4.79 Å². The van der Waals surface area contributed by atoms with Crippen LogP contribution in [-0.4, -0.2) is 30.8 Å². The summed E-state index contributed by atoms with van der Waals surface area (Å²) in [7, 11) is 2.18. The first-order valence-electron chi connectivity index (χ1n) is 6.89. The second-order valence-electron chi connectivity index (χ2n) is 6.24. The number of hydrogen-bond donors (Lipinski definition) is 0. The molecule has 1 spiro atoms. The molecular weight excluding hydrogens is 222 g/mol. The number of carbonyl (C=O) groups is 1. The summed E-state index contributed by atoms with van der Waals surface area (Å²) >= 11 is 0. The lowest BCUT2D eigenvalue weighted by molar-refractivity contribution is 0.0728. The van der Waals surface area contributed by atoms with Crippen molar-refractivity contribution in [3.63, 3.8) is 0 Å². The smallest absolute Gasteiger partial charge is 0.163 e. The second-order valence-corrected chi connectivity index (χ2v) is 6.24. The molecule has 1 saturated heterocycles. The van der Waals surface area contributed by atoms with Crippen LogP contribution in [0.4, 0.5) is 0 Å². The Morgan fingerprint density at radius 3 is 2.61 bits per heavy atom. The summed E-state index contributed by atoms with van der Waals surface area (Å²) < 4.78 is 0. The highest BCUT2D eigenvalue weighted by molar-refractivity contribution is 5.99. The van der Waals surface area contributed by atoms with Crippen molar-refractivity contribution in [3.8, 4) is 0 Å². The molecule has 1 aromatic carbocycles. The Kier molecular flexibility index (Phi) is 2.78. The average molecular weight is 243 g/mol. The van der Waals surface area contributed by atoms with E-state index in [4.69, 9.17) is 0 Å². The van der Waals surface area contributed by atoms with Gasteiger partial charge in [-0.2, -0.15) is 0 Å². The number of fused-ring (bicyclic) bond motifs is 1. The van der Waals surface area contributed by atoms with Crippen molar-refractivity contribution in [1.29, 1.82) is 0 Å². The van der Waals surface area contributed by atoms with Crippen LogP contribution in [0.25, 0.3) is 0 Å². The third-order valence-electron chi connectivity index (χ3n) is 4.71. The molecule has 1 aliphatic heterocycles. The van der Waals surface area contributed by atoms with Gasteiger partial charge in [-0.05, 0) is 63.4 Å². The maximum Gasteiger partial charge on any atom is 0.163 e. The molecule has 3 rings (SSSR count). The number of aryl methyl sites for hydroxylation is 1. The Bertz CT molecular complexity index is 484. The van der Waals surface area contributed by atoms with Crippen LogP contribution < -0.4 is 0 Å². The average Bonchev–Trinajstić information content (AvgIpc) is 2.35. The van der Waals surface area contributed by atoms with Crippen LogP contribution in [0.3, 0.4) is 0 Å². The highest BCUT2D eigenvalue weighted by Gasteiger charge is 2.40. The highest BCUT2D eigenvalue weighted by atomic mass is 16.1. The first-order valence-corrected chi connectivity index (χ1v) is 6.89. The molecule has 0 N–H and O–H groups in total. The number of piperidine rings is 1. The lowest BCUT2D eigenvalue weighted by Crippen LogP contribution is -2.42. The van der Waals surface area contributed by atoms with Crippen molar-refractivity contribution in [2.24, 2.45) is 5.41 Å². The fourth-order valence-electron chi connectivity index (χ4n) is 3.45. The van der Waals surface area contributed by atoms with E-state index in [2.05, 4.69) is 37.1 Å². The summed E-state index contributed by atoms with van der Waals surface area (Å²) in [6.07, 6.45) is 4.20. The van der Waals surface area contributed by atoms with Gasteiger partial charge in [0.15, 0.2) is 5.78 Å². The summed E-state index contributed by atoms with van der Waals surface area (Å²) in [6, 6.07) is 6.38. The summed E-state index contributed by atoms with van der Waals surface area (Å²) in [5.74, 6) is 0.365. The van der Waals surface area contributed by atoms with Crippen LogP contribution in [0.5, 0.6) is 0 Å². The Morgan fingerprint density at radius 2 is 1.89 bits per heavy atom. The van der Waals surface area contributed by atoms with Gasteiger partial charge >= 0.3 is 0 Å². The van der Waals surface area contributed by atoms with E-state index >= 15 is 0 Å². The molecule has 0 saturated carbocycles. The molecule has 0 bridgehead atoms. The van der Waals surface area contributed by atoms with E-state index < -0.39 is 0 Å². The molecule has 0 amide bonds. The van der Waals surface area contributed by atoms with E-state index in [-0.39, 0.29) is 5.41 Å². The molecule has 0 aromatic heterocycles. The van der Waals surface area contributed by atoms with Crippen molar-refractivity contribution >= 4 is 5.78 Å². The zero-order valence-corrected chi connectivity index (χ0v) is 11.3. The van der Waals surface area contributed by atoms with Gasteiger partial charge < -0.3 is 4.90 Å². The molecule has 0 atom stereocenters. The molecule has 18 heavy (non-hydrogen) atoms. The predicted octanol–water partition coefficient (Wildman–Crippen LogP) is 2.84. The Balaban J connectivity index is 1.92. The fraction of sp³-hybridized carbons (Fsp3) is 0.562. The third kappa shape index (κ3) is 1.99. The molecule has 1 aliphatic carbocycles. The molecular formula is C16H21NO. The van der Waals surface area contributed by atoms with Gasteiger partial charge in [0.25, 0.3) is 0 Å². The van der Waals surface area contributed by atoms with E-state index in [0.29, 0.717) is 5.78 Å². The Hall–Kier alpha value is -1.15. The monoisotopic (exact) mass is 243 g/mol. The van der Waals surface area contributed by atoms with Gasteiger partial charge in [-0.3, -0.25) is 4.79 Å². The van der Waals surface area contributed by atoms with E-state index in [1.54, 1.807) is 0 Å². The van der Waals surface area contributed by atoms with E-state index in [1.165, 1.54) is 24.0 Å². The number of benzene rings is 1. The van der Waals surface area contributed by atoms with Gasteiger partial charge in [-0.15, -0.1) is 0 Å². The number of rotatable bonds is 0. The molecule has 96 valence electrons. The van der Waals surface area contributed by atoms with Gasteiger partial charge in [0.05, 0.1) is 0 Å². The second kappa shape index (κ2) is 4.20. The minimum Gasteiger partial charge on any atom is -0.306 e. The molecule has 2 nitrogen and oxygen atoms in total. The van der Waals surface area contributed by atoms with Gasteiger partial charge in [0, 0.05) is 12.0 Å². The fourth-order valence-corrected chi connectivity index (χ4v) is 3.45. The quantitative estimate of drug-likeness (QED) is 0.698. The predicted molar refractivity (Wildman–Crippen MR) is 73.0 cm³/mol. The molecule has 2 aliphatic rings. The van der Waals surface area contributed by atoms with Crippen molar-refractivity contribution in [2.75, 3.05) is 20.1 Å². The lowest BCUT2D eigenvalue weighted by atomic mass is 9.66. The molecule has 0 radical (unpaired) electrons. The highest BCUT2D eigenvalue weighted by Crippen LogP contribution is 2.43. The zero-order chi connectivity index (χ0) is 12.8. The van der Waals surface area contributed by atoms with Crippen LogP contribution in [0.15, 0.2) is 18.2 Å². The lowest BCUT2D eigenvalue weighted by Gasteiger charge is -2.43. The van der Waals surface area contributed by atoms with Crippen LogP contribution in [0, 0.1) is 12.3 Å². The number of hydrogen-bond acceptors (Lipinski definition) is 2. The van der Waals surface area contributed by atoms with Crippen molar-refractivity contribution in [2.45, 2.75) is 32.6 Å². The number of nitrogens with zero attached hydrogens (tertiary/aromatic N) is 1. The van der Waals surface area contributed by atoms with Crippen LogP contribution in [-0.2, 0) is 6.42 Å². The zero-order valence-electron chi connectivity index (χ0n) is 11.3. The molecule has 1 fully saturated rings. The molecule has 0 unspecified atom stereocenters. The topological polar surface area (TPSA) is 20.3 Å². The van der Waals surface area contributed by atoms with Crippen LogP contribution >= 0.6 is 0 Å². The SMILES string of the molecule is Cc1ccc2c(c1)C(=O)CC1(CCN(C)CC1)C2. The number of carbonyl (C=O) groups excluding carboxylic acids is 1. The molecule has 1 heterocycles. The summed E-state index contributed by atoms with van der Waals surface area (Å²) in [4.78, 5) is 14.8. The van der Waals surface area contributed by atoms with Gasteiger partial charge in [-0.1, -0.05) is 17.7 Å². The van der Waals surface area contributed by atoms with Gasteiger partial charge in [0.2, 0.25) is 0 Å². The normalized spacial score (nSPS) is 23.1. The minimum absolute atomic E-state index is 0.256. The first-order chi connectivity index (χ1) is 8.58.